The van der Waals surface area contributed by atoms with Crippen molar-refractivity contribution >= 4 is 21.8 Å². The normalized spacial score (nSPS) is 13.9. The molecule has 2 aromatic heterocycles. The van der Waals surface area contributed by atoms with Crippen molar-refractivity contribution in [2.24, 2.45) is 0 Å². The molecule has 2 aliphatic heterocycles. The van der Waals surface area contributed by atoms with Gasteiger partial charge in [0, 0.05) is 47.4 Å². The lowest BCUT2D eigenvalue weighted by molar-refractivity contribution is 0.372. The van der Waals surface area contributed by atoms with E-state index in [4.69, 9.17) is 9.47 Å². The van der Waals surface area contributed by atoms with Crippen LogP contribution < -0.4 is 30.7 Å². The molecule has 6 aromatic rings. The second-order valence-electron chi connectivity index (χ2n) is 12.8. The number of nitrogens with one attached hydrogen (secondary N) is 4. The summed E-state index contributed by atoms with van der Waals surface area (Å²) in [4.78, 5) is 8.67. The number of phenols is 3. The number of rotatable bonds is 10. The van der Waals surface area contributed by atoms with Crippen molar-refractivity contribution in [2.45, 2.75) is 25.9 Å². The van der Waals surface area contributed by atoms with Gasteiger partial charge >= 0.3 is 0 Å². The van der Waals surface area contributed by atoms with E-state index in [9.17, 15) is 15.3 Å². The van der Waals surface area contributed by atoms with Crippen LogP contribution in [0.1, 0.15) is 48.2 Å². The Kier molecular flexibility index (Phi) is 13.1. The predicted molar refractivity (Wildman–Crippen MR) is 226 cm³/mol. The highest BCUT2D eigenvalue weighted by Gasteiger charge is 2.23. The van der Waals surface area contributed by atoms with Crippen molar-refractivity contribution in [1.29, 1.82) is 0 Å². The van der Waals surface area contributed by atoms with Crippen LogP contribution in [0.2, 0.25) is 0 Å². The summed E-state index contributed by atoms with van der Waals surface area (Å²) < 4.78 is 10.4. The maximum absolute atomic E-state index is 10.9. The Labute approximate surface area is 332 Å². The van der Waals surface area contributed by atoms with E-state index < -0.39 is 6.04 Å². The summed E-state index contributed by atoms with van der Waals surface area (Å²) in [7, 11) is 3.16. The molecule has 0 bridgehead atoms. The van der Waals surface area contributed by atoms with Gasteiger partial charge in [0.05, 0.1) is 37.9 Å². The molecule has 0 saturated heterocycles. The van der Waals surface area contributed by atoms with Gasteiger partial charge in [0.25, 0.3) is 0 Å². The molecule has 4 heterocycles. The summed E-state index contributed by atoms with van der Waals surface area (Å²) in [6.45, 7) is 5.48. The molecule has 2 aliphatic rings. The quantitative estimate of drug-likeness (QED) is 0.0727. The number of hydrogen-bond acceptors (Lipinski definition) is 11. The van der Waals surface area contributed by atoms with Gasteiger partial charge in [0.15, 0.2) is 11.5 Å². The second-order valence-corrected chi connectivity index (χ2v) is 12.8. The average Bonchev–Trinajstić information content (AvgIpc) is 3.27. The number of aromatic hydroxyl groups is 3. The van der Waals surface area contributed by atoms with Crippen molar-refractivity contribution < 1.29 is 24.8 Å². The summed E-state index contributed by atoms with van der Waals surface area (Å²) in [5.41, 5.74) is 4.35. The third kappa shape index (κ3) is 9.22. The molecule has 0 aliphatic carbocycles. The van der Waals surface area contributed by atoms with E-state index in [2.05, 4.69) is 31.2 Å². The molecule has 11 nitrogen and oxygen atoms in total. The highest BCUT2D eigenvalue weighted by atomic mass is 16.5. The van der Waals surface area contributed by atoms with Gasteiger partial charge in [-0.15, -0.1) is 0 Å². The van der Waals surface area contributed by atoms with Crippen LogP contribution in [-0.4, -0.2) is 52.6 Å². The van der Waals surface area contributed by atoms with Gasteiger partial charge in [-0.1, -0.05) is 92.7 Å². The smallest absolute Gasteiger partial charge is 0.160 e. The van der Waals surface area contributed by atoms with Gasteiger partial charge in [-0.2, -0.15) is 0 Å². The molecular formula is C46H48N6O5. The molecule has 292 valence electrons. The van der Waals surface area contributed by atoms with Crippen LogP contribution in [0.3, 0.4) is 0 Å². The van der Waals surface area contributed by atoms with Gasteiger partial charge in [0.2, 0.25) is 0 Å². The largest absolute Gasteiger partial charge is 0.505 e. The molecule has 8 rings (SSSR count). The van der Waals surface area contributed by atoms with Crippen molar-refractivity contribution in [2.75, 3.05) is 27.3 Å². The van der Waals surface area contributed by atoms with Gasteiger partial charge < -0.3 is 46.1 Å². The number of benzene rings is 4. The number of phenolic OH excluding ortho intramolecular Hbond substituents is 3. The minimum atomic E-state index is -0.409. The average molecular weight is 765 g/mol. The Morgan fingerprint density at radius 2 is 1.12 bits per heavy atom. The number of aromatic nitrogens is 2. The fraction of sp³-hybridized carbons (Fsp3) is 0.174. The zero-order valence-corrected chi connectivity index (χ0v) is 32.4. The second kappa shape index (κ2) is 18.9. The first-order chi connectivity index (χ1) is 27.9. The van der Waals surface area contributed by atoms with Crippen LogP contribution in [0.5, 0.6) is 28.7 Å². The standard InChI is InChI=1S/C22H21N3O3.C22H21N3O2.C2H6/c1-28-18-10-8-15(13-17(18)26)20(25-19-6-2-3-11-23-19)16-9-7-14-5-4-12-24-21(14)22(16)27;1-27-17-10-7-16(8-11-17)20(25-19-6-2-3-13-23-19)18-12-9-15-5-4-14-24-21(15)22(18)26;1-2/h2-10,12-13,20,23,25-27H,11H2,1H3;2-12,14,20,23,25-26H,13H2,1H3;1-2H3. The number of nitrogens with zero attached hydrogens (tertiary/aromatic N) is 2. The lowest BCUT2D eigenvalue weighted by Gasteiger charge is -2.25. The SMILES string of the molecule is CC.COc1ccc(C(NC2=CC=CCN2)c2ccc3cccnc3c2O)cc1.COc1ccc(C(NC2=CC=CCN2)c2ccc3cccnc3c2O)cc1O. The first kappa shape index (κ1) is 39.6. The van der Waals surface area contributed by atoms with Gasteiger partial charge in [-0.25, -0.2) is 0 Å². The van der Waals surface area contributed by atoms with Crippen LogP contribution in [0, 0.1) is 0 Å². The van der Waals surface area contributed by atoms with Crippen LogP contribution >= 0.6 is 0 Å². The van der Waals surface area contributed by atoms with E-state index >= 15 is 0 Å². The fourth-order valence-corrected chi connectivity index (χ4v) is 6.55. The molecule has 0 fully saturated rings. The molecule has 57 heavy (non-hydrogen) atoms. The van der Waals surface area contributed by atoms with Crippen LogP contribution in [-0.2, 0) is 0 Å². The number of fused-ring (bicyclic) bond motifs is 2. The minimum absolute atomic E-state index is 0.0377. The molecule has 2 unspecified atom stereocenters. The highest BCUT2D eigenvalue weighted by molar-refractivity contribution is 5.86. The molecule has 0 spiro atoms. The number of hydrogen-bond donors (Lipinski definition) is 7. The van der Waals surface area contributed by atoms with Crippen molar-refractivity contribution in [1.82, 2.24) is 31.2 Å². The van der Waals surface area contributed by atoms with E-state index in [1.54, 1.807) is 31.6 Å². The Balaban J connectivity index is 0.000000185. The van der Waals surface area contributed by atoms with Crippen molar-refractivity contribution in [3.05, 3.63) is 174 Å². The number of methoxy groups -OCH3 is 2. The van der Waals surface area contributed by atoms with Gasteiger partial charge in [0.1, 0.15) is 28.3 Å². The molecule has 2 atom stereocenters. The maximum atomic E-state index is 10.9. The molecule has 0 amide bonds. The van der Waals surface area contributed by atoms with E-state index in [0.717, 1.165) is 51.4 Å². The van der Waals surface area contributed by atoms with E-state index in [1.165, 1.54) is 7.11 Å². The van der Waals surface area contributed by atoms with Crippen LogP contribution in [0.4, 0.5) is 0 Å². The molecule has 7 N–H and O–H groups in total. The number of dihydropyridines is 2. The van der Waals surface area contributed by atoms with Gasteiger partial charge in [-0.05, 0) is 59.7 Å². The van der Waals surface area contributed by atoms with Crippen LogP contribution in [0.25, 0.3) is 21.8 Å². The molecular weight excluding hydrogens is 717 g/mol. The lowest BCUT2D eigenvalue weighted by Crippen LogP contribution is -2.31. The minimum Gasteiger partial charge on any atom is -0.505 e. The Morgan fingerprint density at radius 3 is 1.58 bits per heavy atom. The van der Waals surface area contributed by atoms with Crippen molar-refractivity contribution in [3.8, 4) is 28.7 Å². The zero-order chi connectivity index (χ0) is 40.1. The summed E-state index contributed by atoms with van der Waals surface area (Å²) >= 11 is 0. The fourth-order valence-electron chi connectivity index (χ4n) is 6.55. The number of ether oxygens (including phenoxy) is 2. The molecule has 4 aromatic carbocycles. The Hall–Kier alpha value is -7.14. The molecule has 0 radical (unpaired) electrons. The third-order valence-electron chi connectivity index (χ3n) is 9.38. The first-order valence-corrected chi connectivity index (χ1v) is 18.8. The molecule has 11 heteroatoms. The Morgan fingerprint density at radius 1 is 0.614 bits per heavy atom. The zero-order valence-electron chi connectivity index (χ0n) is 32.4. The first-order valence-electron chi connectivity index (χ1n) is 18.8. The summed E-state index contributed by atoms with van der Waals surface area (Å²) in [5.74, 6) is 3.24. The van der Waals surface area contributed by atoms with Crippen LogP contribution in [0.15, 0.2) is 151 Å². The third-order valence-corrected chi connectivity index (χ3v) is 9.38. The summed E-state index contributed by atoms with van der Waals surface area (Å²) in [5, 5.41) is 47.4. The summed E-state index contributed by atoms with van der Waals surface area (Å²) in [6.07, 6.45) is 15.3. The predicted octanol–water partition coefficient (Wildman–Crippen LogP) is 7.99. The number of pyridine rings is 2. The topological polar surface area (TPSA) is 153 Å². The Bertz CT molecular complexity index is 2430. The van der Waals surface area contributed by atoms with E-state index in [-0.39, 0.29) is 23.3 Å². The van der Waals surface area contributed by atoms with E-state index in [1.807, 2.05) is 129 Å². The van der Waals surface area contributed by atoms with Gasteiger partial charge in [-0.3, -0.25) is 9.97 Å². The molecule has 0 saturated carbocycles. The maximum Gasteiger partial charge on any atom is 0.160 e. The lowest BCUT2D eigenvalue weighted by atomic mass is 9.95. The monoisotopic (exact) mass is 764 g/mol. The highest BCUT2D eigenvalue weighted by Crippen LogP contribution is 2.38. The van der Waals surface area contributed by atoms with E-state index in [0.29, 0.717) is 28.9 Å². The number of allylic oxidation sites excluding steroid dienone is 4. The van der Waals surface area contributed by atoms with Crippen molar-refractivity contribution in [3.63, 3.8) is 0 Å². The summed E-state index contributed by atoms with van der Waals surface area (Å²) in [6, 6.07) is 27.7.